The zero-order chi connectivity index (χ0) is 47.5. The van der Waals surface area contributed by atoms with Crippen LogP contribution >= 0.6 is 0 Å². The molecule has 19 nitrogen and oxygen atoms in total. The number of allylic oxidation sites excluding steroid dienone is 1. The highest BCUT2D eigenvalue weighted by molar-refractivity contribution is 7.88. The number of nitrogens with two attached hydrogens (primary N) is 1. The molecule has 2 N–H and O–H groups in total. The predicted molar refractivity (Wildman–Crippen MR) is 249 cm³/mol. The number of rotatable bonds is 54. The van der Waals surface area contributed by atoms with Crippen molar-refractivity contribution in [1.29, 1.82) is 0 Å². The van der Waals surface area contributed by atoms with E-state index >= 15 is 0 Å². The minimum absolute atomic E-state index is 0.0576. The van der Waals surface area contributed by atoms with Crippen molar-refractivity contribution in [2.24, 2.45) is 5.90 Å². The van der Waals surface area contributed by atoms with Crippen LogP contribution in [-0.2, 0) is 96.0 Å². The molecule has 1 aromatic carbocycles. The van der Waals surface area contributed by atoms with E-state index in [1.165, 1.54) is 50.5 Å². The maximum absolute atomic E-state index is 10.8. The van der Waals surface area contributed by atoms with Crippen LogP contribution in [0.1, 0.15) is 69.9 Å². The molecule has 1 rings (SSSR count). The van der Waals surface area contributed by atoms with Gasteiger partial charge < -0.3 is 66.3 Å². The first-order valence-corrected chi connectivity index (χ1v) is 25.0. The Balaban J connectivity index is 1.72. The van der Waals surface area contributed by atoms with Crippen molar-refractivity contribution in [3.05, 3.63) is 35.4 Å². The molecule has 0 aliphatic heterocycles. The molecule has 1 unspecified atom stereocenters. The smallest absolute Gasteiger partial charge is 0.491 e. The Morgan fingerprint density at radius 2 is 0.773 bits per heavy atom. The summed E-state index contributed by atoms with van der Waals surface area (Å²) in [5, 5.41) is 0. The number of ether oxygens (including phenoxy) is 14. The Labute approximate surface area is 396 Å². The predicted octanol–water partition coefficient (Wildman–Crippen LogP) is 5.19. The van der Waals surface area contributed by atoms with Crippen LogP contribution in [0.5, 0.6) is 5.75 Å². The summed E-state index contributed by atoms with van der Waals surface area (Å²) in [5.74, 6) is 5.42. The molecule has 0 amide bonds. The quantitative estimate of drug-likeness (QED) is 0.0506. The Hall–Kier alpha value is -1.77. The van der Waals surface area contributed by atoms with Crippen LogP contribution in [0.15, 0.2) is 24.3 Å². The summed E-state index contributed by atoms with van der Waals surface area (Å²) in [6, 6.07) is 6.52. The lowest BCUT2D eigenvalue weighted by Crippen LogP contribution is -2.22. The maximum Gasteiger partial charge on any atom is 0.564 e. The topological polar surface area (TPSA) is 211 Å². The molecule has 0 aliphatic carbocycles. The van der Waals surface area contributed by atoms with Gasteiger partial charge in [0.05, 0.1) is 172 Å². The minimum atomic E-state index is -4.15. The maximum atomic E-state index is 10.8. The molecule has 0 spiro atoms. The van der Waals surface area contributed by atoms with E-state index in [-0.39, 0.29) is 19.8 Å². The molecule has 20 heteroatoms. The van der Waals surface area contributed by atoms with Gasteiger partial charge in [0.1, 0.15) is 23.5 Å². The SMILES string of the molecule is C/C=C/c1cc(CCCCCCCCC)ccc1OCCOCCOCCOCCOCCOCCOCCOCCOCCOCCOCCOCCOCCOCCO[S+]([O])(=O)ON. The van der Waals surface area contributed by atoms with Crippen LogP contribution in [0.3, 0.4) is 0 Å². The van der Waals surface area contributed by atoms with E-state index in [2.05, 4.69) is 51.6 Å². The molecule has 0 aliphatic rings. The average molecular weight is 972 g/mol. The van der Waals surface area contributed by atoms with Gasteiger partial charge >= 0.3 is 10.8 Å². The van der Waals surface area contributed by atoms with Gasteiger partial charge in [0, 0.05) is 9.77 Å². The third kappa shape index (κ3) is 43.5. The molecule has 0 bridgehead atoms. The normalized spacial score (nSPS) is 12.7. The second-order valence-electron chi connectivity index (χ2n) is 14.4. The lowest BCUT2D eigenvalue weighted by molar-refractivity contribution is -0.0293. The van der Waals surface area contributed by atoms with Crippen molar-refractivity contribution in [1.82, 2.24) is 0 Å². The number of unbranched alkanes of at least 4 members (excludes halogenated alkanes) is 6. The van der Waals surface area contributed by atoms with Crippen molar-refractivity contribution in [3.8, 4) is 5.75 Å². The summed E-state index contributed by atoms with van der Waals surface area (Å²) < 4.78 is 107. The van der Waals surface area contributed by atoms with Crippen molar-refractivity contribution >= 4 is 16.9 Å². The first-order valence-electron chi connectivity index (χ1n) is 23.7. The molecule has 0 saturated heterocycles. The lowest BCUT2D eigenvalue weighted by atomic mass is 10.0. The van der Waals surface area contributed by atoms with Crippen LogP contribution < -0.4 is 10.6 Å². The molecule has 387 valence electrons. The van der Waals surface area contributed by atoms with Crippen molar-refractivity contribution in [3.63, 3.8) is 0 Å². The van der Waals surface area contributed by atoms with Gasteiger partial charge in [-0.05, 0) is 41.7 Å². The van der Waals surface area contributed by atoms with Gasteiger partial charge in [0.25, 0.3) is 0 Å². The van der Waals surface area contributed by atoms with Crippen LogP contribution in [0.25, 0.3) is 6.08 Å². The zero-order valence-electron chi connectivity index (χ0n) is 40.2. The van der Waals surface area contributed by atoms with E-state index in [4.69, 9.17) is 66.3 Å². The van der Waals surface area contributed by atoms with Gasteiger partial charge in [-0.2, -0.15) is 5.90 Å². The molecule has 1 atom stereocenters. The Kier molecular flexibility index (Phi) is 46.8. The highest BCUT2D eigenvalue weighted by Gasteiger charge is 2.32. The second kappa shape index (κ2) is 49.6. The molecule has 0 saturated carbocycles. The third-order valence-corrected chi connectivity index (χ3v) is 9.70. The highest BCUT2D eigenvalue weighted by atomic mass is 32.3. The summed E-state index contributed by atoms with van der Waals surface area (Å²) in [6.07, 6.45) is 14.5. The van der Waals surface area contributed by atoms with E-state index in [1.807, 2.05) is 6.92 Å². The van der Waals surface area contributed by atoms with Gasteiger partial charge in [-0.1, -0.05) is 63.7 Å². The standard InChI is InChI=1S/C46H85NO18S/c1-3-5-6-7-8-9-10-12-44-13-14-46(45(43-44)11-4-2)63-41-39-61-37-35-59-33-31-57-29-27-55-25-23-53-21-19-51-17-15-50-16-18-52-20-22-54-24-26-56-28-30-58-32-34-60-36-38-62-40-42-64-66(48,49)65-47/h4,11,13-14,43H,3,5-10,12,15-42,47H2,1-2H3/q+1/b11-4+. The molecule has 66 heavy (non-hydrogen) atoms. The van der Waals surface area contributed by atoms with Crippen molar-refractivity contribution < 1.29 is 83.5 Å². The fourth-order valence-corrected chi connectivity index (χ4v) is 5.98. The van der Waals surface area contributed by atoms with E-state index in [1.54, 1.807) is 0 Å². The third-order valence-electron chi connectivity index (χ3n) is 9.01. The molecule has 1 aromatic rings. The van der Waals surface area contributed by atoms with Gasteiger partial charge in [-0.25, -0.2) is 0 Å². The minimum Gasteiger partial charge on any atom is -0.491 e. The molecular weight excluding hydrogens is 887 g/mol. The summed E-state index contributed by atoms with van der Waals surface area (Å²) in [4.78, 5) is 0. The Bertz CT molecular complexity index is 1240. The number of hydrogen-bond acceptors (Lipinski definition) is 18. The first-order chi connectivity index (χ1) is 32.5. The monoisotopic (exact) mass is 972 g/mol. The van der Waals surface area contributed by atoms with Crippen molar-refractivity contribution in [2.45, 2.75) is 65.2 Å². The lowest BCUT2D eigenvalue weighted by Gasteiger charge is -2.12. The summed E-state index contributed by atoms with van der Waals surface area (Å²) in [6.45, 7) is 16.2. The molecular formula is C46H85NO18S+. The van der Waals surface area contributed by atoms with Crippen LogP contribution in [0.4, 0.5) is 0 Å². The number of hydrogen-bond donors (Lipinski definition) is 1. The van der Waals surface area contributed by atoms with Gasteiger partial charge in [0.15, 0.2) is 0 Å². The van der Waals surface area contributed by atoms with Gasteiger partial charge in [-0.3, -0.25) is 0 Å². The Morgan fingerprint density at radius 3 is 1.11 bits per heavy atom. The van der Waals surface area contributed by atoms with Crippen LogP contribution in [0, 0.1) is 0 Å². The van der Waals surface area contributed by atoms with Gasteiger partial charge in [0.2, 0.25) is 0 Å². The average Bonchev–Trinajstić information content (AvgIpc) is 3.32. The largest absolute Gasteiger partial charge is 0.564 e. The fourth-order valence-electron chi connectivity index (χ4n) is 5.66. The second-order valence-corrected chi connectivity index (χ2v) is 15.6. The summed E-state index contributed by atoms with van der Waals surface area (Å²) >= 11 is 0. The molecule has 0 fully saturated rings. The summed E-state index contributed by atoms with van der Waals surface area (Å²) in [5.41, 5.74) is 2.49. The van der Waals surface area contributed by atoms with Gasteiger partial charge in [-0.15, -0.1) is 4.18 Å². The number of benzene rings is 1. The molecule has 1 radical (unpaired) electrons. The fraction of sp³-hybridized carbons (Fsp3) is 0.826. The Morgan fingerprint density at radius 1 is 0.455 bits per heavy atom. The van der Waals surface area contributed by atoms with E-state index in [0.29, 0.717) is 165 Å². The molecule has 0 aromatic heterocycles. The number of aryl methyl sites for hydroxylation is 1. The van der Waals surface area contributed by atoms with Crippen LogP contribution in [-0.4, -0.2) is 185 Å². The van der Waals surface area contributed by atoms with Crippen molar-refractivity contribution in [2.75, 3.05) is 185 Å². The van der Waals surface area contributed by atoms with Crippen LogP contribution in [0.2, 0.25) is 0 Å². The van der Waals surface area contributed by atoms with E-state index in [9.17, 15) is 8.76 Å². The van der Waals surface area contributed by atoms with E-state index < -0.39 is 10.8 Å². The summed E-state index contributed by atoms with van der Waals surface area (Å²) in [7, 11) is -4.15. The van der Waals surface area contributed by atoms with E-state index in [0.717, 1.165) is 17.7 Å². The highest BCUT2D eigenvalue weighted by Crippen LogP contribution is 2.23. The molecule has 0 heterocycles. The first kappa shape index (κ1) is 62.2. The zero-order valence-corrected chi connectivity index (χ0v) is 41.0.